The van der Waals surface area contributed by atoms with E-state index in [1.807, 2.05) is 13.8 Å². The molecule has 0 aliphatic rings. The third kappa shape index (κ3) is 11.3. The van der Waals surface area contributed by atoms with Crippen LogP contribution < -0.4 is 16.0 Å². The summed E-state index contributed by atoms with van der Waals surface area (Å²) in [5.41, 5.74) is 0. The number of hydrogen-bond acceptors (Lipinski definition) is 5. The molecule has 0 aromatic heterocycles. The van der Waals surface area contributed by atoms with Crippen molar-refractivity contribution in [3.05, 3.63) is 0 Å². The Bertz CT molecular complexity index is 425. The number of aldehydes is 1. The number of likely N-dealkylation sites (N-methyl/N-ethyl adjacent to an activating group) is 1. The summed E-state index contributed by atoms with van der Waals surface area (Å²) in [5, 5.41) is 7.97. The molecule has 8 heteroatoms. The van der Waals surface area contributed by atoms with Gasteiger partial charge in [0.25, 0.3) is 0 Å². The Morgan fingerprint density at radius 1 is 1.00 bits per heavy atom. The van der Waals surface area contributed by atoms with E-state index in [0.717, 1.165) is 32.2 Å². The Hall–Kier alpha value is -1.96. The fourth-order valence-corrected chi connectivity index (χ4v) is 2.49. The van der Waals surface area contributed by atoms with Crippen molar-refractivity contribution >= 4 is 24.0 Å². The Morgan fingerprint density at radius 3 is 2.24 bits per heavy atom. The van der Waals surface area contributed by atoms with E-state index in [2.05, 4.69) is 20.9 Å². The van der Waals surface area contributed by atoms with E-state index < -0.39 is 0 Å². The molecule has 0 aliphatic carbocycles. The first-order valence-electron chi connectivity index (χ1n) is 8.92. The summed E-state index contributed by atoms with van der Waals surface area (Å²) in [6.07, 6.45) is 3.27. The molecule has 0 saturated heterocycles. The van der Waals surface area contributed by atoms with Crippen molar-refractivity contribution < 1.29 is 19.2 Å². The van der Waals surface area contributed by atoms with E-state index in [9.17, 15) is 19.2 Å². The van der Waals surface area contributed by atoms with Crippen LogP contribution in [0.3, 0.4) is 0 Å². The minimum Gasteiger partial charge on any atom is -0.356 e. The first-order valence-corrected chi connectivity index (χ1v) is 8.92. The lowest BCUT2D eigenvalue weighted by atomic mass is 10.1. The number of amides is 3. The number of nitrogens with zero attached hydrogens (tertiary/aromatic N) is 1. The second-order valence-corrected chi connectivity index (χ2v) is 5.74. The summed E-state index contributed by atoms with van der Waals surface area (Å²) in [6, 6.07) is -0.296. The zero-order chi connectivity index (χ0) is 19.1. The summed E-state index contributed by atoms with van der Waals surface area (Å²) in [5.74, 6) is -0.536. The van der Waals surface area contributed by atoms with Crippen LogP contribution in [0, 0.1) is 0 Å². The van der Waals surface area contributed by atoms with Crippen molar-refractivity contribution in [1.29, 1.82) is 0 Å². The van der Waals surface area contributed by atoms with Crippen LogP contribution in [0.15, 0.2) is 0 Å². The third-order valence-corrected chi connectivity index (χ3v) is 3.84. The summed E-state index contributed by atoms with van der Waals surface area (Å²) in [4.78, 5) is 47.2. The smallest absolute Gasteiger partial charge is 0.239 e. The Kier molecular flexibility index (Phi) is 13.3. The molecule has 3 N–H and O–H groups in total. The van der Waals surface area contributed by atoms with E-state index in [1.165, 1.54) is 6.92 Å². The van der Waals surface area contributed by atoms with Gasteiger partial charge in [-0.15, -0.1) is 0 Å². The van der Waals surface area contributed by atoms with Crippen LogP contribution in [0.2, 0.25) is 0 Å². The van der Waals surface area contributed by atoms with Gasteiger partial charge in [-0.25, -0.2) is 0 Å². The number of nitrogens with one attached hydrogen (secondary N) is 3. The minimum absolute atomic E-state index is 0.0568. The van der Waals surface area contributed by atoms with Gasteiger partial charge in [0.1, 0.15) is 6.29 Å². The number of carbonyl (C=O) groups excluding carboxylic acids is 4. The Morgan fingerprint density at radius 2 is 1.68 bits per heavy atom. The number of unbranched alkanes of at least 4 members (excludes halogenated alkanes) is 1. The van der Waals surface area contributed by atoms with Gasteiger partial charge in [-0.05, 0) is 32.4 Å². The van der Waals surface area contributed by atoms with Crippen LogP contribution in [0.4, 0.5) is 0 Å². The Balaban J connectivity index is 4.39. The molecule has 0 aromatic carbocycles. The molecule has 0 spiro atoms. The molecule has 1 atom stereocenters. The molecule has 1 unspecified atom stereocenters. The predicted octanol–water partition coefficient (Wildman–Crippen LogP) is -0.175. The highest BCUT2D eigenvalue weighted by atomic mass is 16.2. The maximum absolute atomic E-state index is 12.5. The van der Waals surface area contributed by atoms with Crippen LogP contribution in [0.5, 0.6) is 0 Å². The van der Waals surface area contributed by atoms with Gasteiger partial charge in [-0.2, -0.15) is 0 Å². The molecule has 3 amide bonds. The van der Waals surface area contributed by atoms with Gasteiger partial charge in [-0.1, -0.05) is 13.8 Å². The van der Waals surface area contributed by atoms with Crippen molar-refractivity contribution in [2.24, 2.45) is 0 Å². The molecule has 8 nitrogen and oxygen atoms in total. The average molecular weight is 356 g/mol. The highest BCUT2D eigenvalue weighted by Crippen LogP contribution is 2.09. The second-order valence-electron chi connectivity index (χ2n) is 5.74. The summed E-state index contributed by atoms with van der Waals surface area (Å²) < 4.78 is 0. The molecule has 0 rings (SSSR count). The van der Waals surface area contributed by atoms with Gasteiger partial charge in [0.2, 0.25) is 17.7 Å². The van der Waals surface area contributed by atoms with Crippen LogP contribution in [0.25, 0.3) is 0 Å². The van der Waals surface area contributed by atoms with Crippen LogP contribution in [0.1, 0.15) is 46.5 Å². The molecule has 0 radical (unpaired) electrons. The topological polar surface area (TPSA) is 108 Å². The largest absolute Gasteiger partial charge is 0.356 e. The van der Waals surface area contributed by atoms with E-state index in [1.54, 1.807) is 0 Å². The van der Waals surface area contributed by atoms with E-state index in [-0.39, 0.29) is 43.3 Å². The fourth-order valence-electron chi connectivity index (χ4n) is 2.49. The molecular weight excluding hydrogens is 324 g/mol. The number of rotatable bonds is 14. The van der Waals surface area contributed by atoms with Crippen molar-refractivity contribution in [1.82, 2.24) is 20.9 Å². The molecule has 0 bridgehead atoms. The van der Waals surface area contributed by atoms with Gasteiger partial charge in [0.05, 0.1) is 12.6 Å². The van der Waals surface area contributed by atoms with Gasteiger partial charge >= 0.3 is 0 Å². The summed E-state index contributed by atoms with van der Waals surface area (Å²) in [6.45, 7) is 7.73. The van der Waals surface area contributed by atoms with Gasteiger partial charge in [0.15, 0.2) is 0 Å². The number of carbonyl (C=O) groups is 4. The first-order chi connectivity index (χ1) is 12.0. The lowest BCUT2D eigenvalue weighted by molar-refractivity contribution is -0.129. The fraction of sp³-hybridized carbons (Fsp3) is 0.765. The van der Waals surface area contributed by atoms with Gasteiger partial charge < -0.3 is 20.7 Å². The molecule has 0 heterocycles. The first kappa shape index (κ1) is 23.0. The standard InChI is InChI=1S/C17H32N4O4/c1-4-21(5-2)15(9-6-7-10-18-14(3)23)17(25)20-13-16(24)19-11-8-12-22/h12,15H,4-11,13H2,1-3H3,(H,18,23)(H,19,24)(H,20,25). The Labute approximate surface area is 150 Å². The van der Waals surface area contributed by atoms with Gasteiger partial charge in [0, 0.05) is 26.4 Å². The normalized spacial score (nSPS) is 11.7. The van der Waals surface area contributed by atoms with Crippen molar-refractivity contribution in [3.63, 3.8) is 0 Å². The quantitative estimate of drug-likeness (QED) is 0.296. The summed E-state index contributed by atoms with van der Waals surface area (Å²) >= 11 is 0. The van der Waals surface area contributed by atoms with Crippen molar-refractivity contribution in [2.75, 3.05) is 32.7 Å². The van der Waals surface area contributed by atoms with Crippen LogP contribution >= 0.6 is 0 Å². The lowest BCUT2D eigenvalue weighted by Crippen LogP contribution is -2.49. The van der Waals surface area contributed by atoms with Crippen LogP contribution in [-0.2, 0) is 19.2 Å². The van der Waals surface area contributed by atoms with E-state index in [0.29, 0.717) is 13.0 Å². The second kappa shape index (κ2) is 14.4. The van der Waals surface area contributed by atoms with E-state index >= 15 is 0 Å². The zero-order valence-electron chi connectivity index (χ0n) is 15.6. The average Bonchev–Trinajstić information content (AvgIpc) is 2.58. The molecular formula is C17H32N4O4. The van der Waals surface area contributed by atoms with Crippen molar-refractivity contribution in [3.8, 4) is 0 Å². The molecule has 25 heavy (non-hydrogen) atoms. The summed E-state index contributed by atoms with van der Waals surface area (Å²) in [7, 11) is 0. The molecule has 144 valence electrons. The van der Waals surface area contributed by atoms with Gasteiger partial charge in [-0.3, -0.25) is 19.3 Å². The minimum atomic E-state index is -0.306. The zero-order valence-corrected chi connectivity index (χ0v) is 15.6. The third-order valence-electron chi connectivity index (χ3n) is 3.84. The predicted molar refractivity (Wildman–Crippen MR) is 95.9 cm³/mol. The highest BCUT2D eigenvalue weighted by Gasteiger charge is 2.23. The maximum atomic E-state index is 12.5. The van der Waals surface area contributed by atoms with E-state index in [4.69, 9.17) is 0 Å². The van der Waals surface area contributed by atoms with Crippen LogP contribution in [-0.4, -0.2) is 67.7 Å². The molecule has 0 aromatic rings. The molecule has 0 aliphatic heterocycles. The maximum Gasteiger partial charge on any atom is 0.239 e. The highest BCUT2D eigenvalue weighted by molar-refractivity contribution is 5.87. The van der Waals surface area contributed by atoms with Crippen molar-refractivity contribution in [2.45, 2.75) is 52.5 Å². The molecule has 0 saturated carbocycles. The molecule has 0 fully saturated rings. The lowest BCUT2D eigenvalue weighted by Gasteiger charge is -2.28. The number of hydrogen-bond donors (Lipinski definition) is 3. The SMILES string of the molecule is CCN(CC)C(CCCCNC(C)=O)C(=O)NCC(=O)NCCC=O. The monoisotopic (exact) mass is 356 g/mol.